The first-order valence-electron chi connectivity index (χ1n) is 11.6. The van der Waals surface area contributed by atoms with E-state index in [0.29, 0.717) is 6.42 Å². The van der Waals surface area contributed by atoms with Gasteiger partial charge >= 0.3 is 6.09 Å². The predicted octanol–water partition coefficient (Wildman–Crippen LogP) is 4.60. The Morgan fingerprint density at radius 3 is 2.13 bits per heavy atom. The first-order chi connectivity index (χ1) is 14.2. The summed E-state index contributed by atoms with van der Waals surface area (Å²) in [6.07, 6.45) is 8.07. The molecule has 0 heterocycles. The normalized spacial score (nSPS) is 30.6. The highest BCUT2D eigenvalue weighted by Gasteiger charge is 2.51. The molecule has 0 aromatic heterocycles. The number of carbonyl (C=O) groups excluding carboxylic acids is 2. The van der Waals surface area contributed by atoms with E-state index >= 15 is 0 Å². The molecule has 1 aromatic carbocycles. The van der Waals surface area contributed by atoms with Crippen LogP contribution in [0.2, 0.25) is 0 Å². The quantitative estimate of drug-likeness (QED) is 0.718. The molecule has 5 nitrogen and oxygen atoms in total. The third kappa shape index (κ3) is 5.16. The van der Waals surface area contributed by atoms with Crippen LogP contribution in [0.1, 0.15) is 71.3 Å². The fourth-order valence-corrected chi connectivity index (χ4v) is 6.29. The van der Waals surface area contributed by atoms with Crippen LogP contribution in [-0.2, 0) is 16.0 Å². The third-order valence-electron chi connectivity index (χ3n) is 7.00. The van der Waals surface area contributed by atoms with Crippen LogP contribution in [0, 0.1) is 17.8 Å². The molecule has 1 aromatic rings. The van der Waals surface area contributed by atoms with Gasteiger partial charge in [-0.25, -0.2) is 4.79 Å². The van der Waals surface area contributed by atoms with E-state index in [1.54, 1.807) is 0 Å². The Hall–Kier alpha value is -2.04. The van der Waals surface area contributed by atoms with Gasteiger partial charge in [0.05, 0.1) is 0 Å². The molecule has 0 saturated heterocycles. The summed E-state index contributed by atoms with van der Waals surface area (Å²) in [6, 6.07) is 9.51. The van der Waals surface area contributed by atoms with Crippen molar-refractivity contribution in [3.63, 3.8) is 0 Å². The summed E-state index contributed by atoms with van der Waals surface area (Å²) < 4.78 is 5.43. The van der Waals surface area contributed by atoms with Gasteiger partial charge in [-0.1, -0.05) is 30.3 Å². The van der Waals surface area contributed by atoms with Gasteiger partial charge in [-0.2, -0.15) is 0 Å². The molecular weight excluding hydrogens is 376 g/mol. The minimum absolute atomic E-state index is 0.0567. The number of rotatable bonds is 6. The molecule has 0 radical (unpaired) electrons. The maximum atomic E-state index is 13.4. The smallest absolute Gasteiger partial charge is 0.408 e. The predicted molar refractivity (Wildman–Crippen MR) is 117 cm³/mol. The van der Waals surface area contributed by atoms with E-state index in [1.807, 2.05) is 39.0 Å². The van der Waals surface area contributed by atoms with Crippen molar-refractivity contribution in [2.75, 3.05) is 0 Å². The summed E-state index contributed by atoms with van der Waals surface area (Å²) >= 11 is 0. The van der Waals surface area contributed by atoms with Crippen molar-refractivity contribution >= 4 is 12.0 Å². The summed E-state index contributed by atoms with van der Waals surface area (Å²) in [5, 5.41) is 6.27. The van der Waals surface area contributed by atoms with Crippen molar-refractivity contribution in [2.24, 2.45) is 17.8 Å². The minimum Gasteiger partial charge on any atom is -0.444 e. The molecule has 1 atom stereocenters. The van der Waals surface area contributed by atoms with Gasteiger partial charge in [0, 0.05) is 5.54 Å². The fourth-order valence-electron chi connectivity index (χ4n) is 6.29. The topological polar surface area (TPSA) is 67.4 Å². The summed E-state index contributed by atoms with van der Waals surface area (Å²) in [5.41, 5.74) is 0.507. The van der Waals surface area contributed by atoms with Crippen LogP contribution >= 0.6 is 0 Å². The SMILES string of the molecule is CC(C)(C)OC(=O)NC(CCc1ccccc1)C(=O)NC12CC3CC(CC(C3)C1)C2. The van der Waals surface area contributed by atoms with E-state index in [1.165, 1.54) is 19.3 Å². The lowest BCUT2D eigenvalue weighted by Crippen LogP contribution is -2.62. The lowest BCUT2D eigenvalue weighted by Gasteiger charge is -2.57. The summed E-state index contributed by atoms with van der Waals surface area (Å²) in [4.78, 5) is 25.8. The van der Waals surface area contributed by atoms with Crippen molar-refractivity contribution < 1.29 is 14.3 Å². The zero-order valence-electron chi connectivity index (χ0n) is 18.6. The van der Waals surface area contributed by atoms with Crippen LogP contribution in [0.15, 0.2) is 30.3 Å². The van der Waals surface area contributed by atoms with Crippen LogP contribution in [0.4, 0.5) is 4.79 Å². The van der Waals surface area contributed by atoms with Gasteiger partial charge in [-0.05, 0) is 95.5 Å². The van der Waals surface area contributed by atoms with Gasteiger partial charge in [-0.15, -0.1) is 0 Å². The van der Waals surface area contributed by atoms with E-state index in [9.17, 15) is 9.59 Å². The van der Waals surface area contributed by atoms with E-state index in [-0.39, 0.29) is 11.4 Å². The van der Waals surface area contributed by atoms with Gasteiger partial charge in [0.1, 0.15) is 11.6 Å². The molecule has 5 heteroatoms. The molecule has 0 spiro atoms. The van der Waals surface area contributed by atoms with Crippen molar-refractivity contribution in [1.82, 2.24) is 10.6 Å². The van der Waals surface area contributed by atoms with Gasteiger partial charge in [0.25, 0.3) is 0 Å². The Labute approximate surface area is 180 Å². The number of nitrogens with one attached hydrogen (secondary N) is 2. The number of alkyl carbamates (subject to hydrolysis) is 1. The molecule has 5 rings (SSSR count). The van der Waals surface area contributed by atoms with Crippen molar-refractivity contribution in [3.05, 3.63) is 35.9 Å². The molecule has 164 valence electrons. The largest absolute Gasteiger partial charge is 0.444 e. The lowest BCUT2D eigenvalue weighted by molar-refractivity contribution is -0.129. The van der Waals surface area contributed by atoms with E-state index in [0.717, 1.165) is 49.0 Å². The monoisotopic (exact) mass is 412 g/mol. The summed E-state index contributed by atoms with van der Waals surface area (Å²) in [5.74, 6) is 2.23. The van der Waals surface area contributed by atoms with Crippen molar-refractivity contribution in [1.29, 1.82) is 0 Å². The average molecular weight is 413 g/mol. The number of hydrogen-bond acceptors (Lipinski definition) is 3. The van der Waals surface area contributed by atoms with Crippen molar-refractivity contribution in [2.45, 2.75) is 89.3 Å². The molecule has 4 bridgehead atoms. The minimum atomic E-state index is -0.593. The molecule has 4 aliphatic rings. The van der Waals surface area contributed by atoms with Crippen molar-refractivity contribution in [3.8, 4) is 0 Å². The van der Waals surface area contributed by atoms with Gasteiger partial charge < -0.3 is 15.4 Å². The number of amides is 2. The summed E-state index contributed by atoms with van der Waals surface area (Å²) in [7, 11) is 0. The first kappa shape index (κ1) is 21.2. The second-order valence-electron chi connectivity index (χ2n) is 10.9. The Morgan fingerprint density at radius 2 is 1.60 bits per heavy atom. The van der Waals surface area contributed by atoms with Crippen LogP contribution in [0.3, 0.4) is 0 Å². The molecule has 2 N–H and O–H groups in total. The molecule has 4 saturated carbocycles. The van der Waals surface area contributed by atoms with Crippen LogP contribution in [0.25, 0.3) is 0 Å². The van der Waals surface area contributed by atoms with E-state index in [4.69, 9.17) is 4.74 Å². The van der Waals surface area contributed by atoms with E-state index in [2.05, 4.69) is 22.8 Å². The van der Waals surface area contributed by atoms with Crippen LogP contribution < -0.4 is 10.6 Å². The standard InChI is InChI=1S/C25H36N2O3/c1-24(2,3)30-23(29)26-21(10-9-17-7-5-4-6-8-17)22(28)27-25-14-18-11-19(15-25)13-20(12-18)16-25/h4-8,18-21H,9-16H2,1-3H3,(H,26,29)(H,27,28). The highest BCUT2D eigenvalue weighted by Crippen LogP contribution is 2.55. The van der Waals surface area contributed by atoms with Gasteiger partial charge in [-0.3, -0.25) is 4.79 Å². The third-order valence-corrected chi connectivity index (χ3v) is 7.00. The van der Waals surface area contributed by atoms with Gasteiger partial charge in [0.15, 0.2) is 0 Å². The lowest BCUT2D eigenvalue weighted by atomic mass is 9.53. The molecule has 1 unspecified atom stereocenters. The Morgan fingerprint density at radius 1 is 1.03 bits per heavy atom. The Balaban J connectivity index is 1.43. The molecule has 2 amide bonds. The zero-order valence-corrected chi connectivity index (χ0v) is 18.6. The maximum absolute atomic E-state index is 13.4. The molecule has 30 heavy (non-hydrogen) atoms. The highest BCUT2D eigenvalue weighted by atomic mass is 16.6. The second-order valence-corrected chi connectivity index (χ2v) is 10.9. The zero-order chi connectivity index (χ0) is 21.4. The van der Waals surface area contributed by atoms with Crippen LogP contribution in [-0.4, -0.2) is 29.2 Å². The first-order valence-corrected chi connectivity index (χ1v) is 11.6. The summed E-state index contributed by atoms with van der Waals surface area (Å²) in [6.45, 7) is 5.50. The van der Waals surface area contributed by atoms with Gasteiger partial charge in [0.2, 0.25) is 5.91 Å². The molecule has 4 fully saturated rings. The number of hydrogen-bond donors (Lipinski definition) is 2. The molecule has 4 aliphatic carbocycles. The Bertz CT molecular complexity index is 733. The number of benzene rings is 1. The highest BCUT2D eigenvalue weighted by molar-refractivity contribution is 5.86. The Kier molecular flexibility index (Phi) is 5.82. The van der Waals surface area contributed by atoms with E-state index < -0.39 is 17.7 Å². The van der Waals surface area contributed by atoms with Crippen LogP contribution in [0.5, 0.6) is 0 Å². The maximum Gasteiger partial charge on any atom is 0.408 e. The molecule has 0 aliphatic heterocycles. The fraction of sp³-hybridized carbons (Fsp3) is 0.680. The molecular formula is C25H36N2O3. The number of ether oxygens (including phenoxy) is 1. The second kappa shape index (κ2) is 8.24. The number of aryl methyl sites for hydroxylation is 1. The number of carbonyl (C=O) groups is 2. The average Bonchev–Trinajstić information content (AvgIpc) is 2.63.